The number of fused-ring (bicyclic) bond motifs is 1. The summed E-state index contributed by atoms with van der Waals surface area (Å²) in [5.41, 5.74) is 1.09. The molecule has 2 aromatic carbocycles. The third-order valence-electron chi connectivity index (χ3n) is 7.08. The van der Waals surface area contributed by atoms with E-state index in [9.17, 15) is 13.2 Å². The summed E-state index contributed by atoms with van der Waals surface area (Å²) in [4.78, 5) is 16.1. The van der Waals surface area contributed by atoms with Gasteiger partial charge in [0.05, 0.1) is 23.3 Å². The van der Waals surface area contributed by atoms with Crippen LogP contribution >= 0.6 is 11.6 Å². The molecule has 0 aliphatic carbocycles. The van der Waals surface area contributed by atoms with Crippen molar-refractivity contribution in [1.82, 2.24) is 19.9 Å². The maximum Gasteiger partial charge on any atom is 0.418 e. The average Bonchev–Trinajstić information content (AvgIpc) is 2.88. The van der Waals surface area contributed by atoms with Crippen LogP contribution in [0.3, 0.4) is 0 Å². The molecule has 2 aromatic heterocycles. The molecule has 1 aliphatic heterocycles. The molecule has 39 heavy (non-hydrogen) atoms. The van der Waals surface area contributed by atoms with Gasteiger partial charge in [-0.05, 0) is 60.6 Å². The van der Waals surface area contributed by atoms with E-state index in [4.69, 9.17) is 21.6 Å². The van der Waals surface area contributed by atoms with E-state index in [2.05, 4.69) is 29.0 Å². The van der Waals surface area contributed by atoms with Gasteiger partial charge >= 0.3 is 6.18 Å². The Bertz CT molecular complexity index is 1450. The molecule has 0 bridgehead atoms. The monoisotopic (exact) mass is 553 g/mol. The summed E-state index contributed by atoms with van der Waals surface area (Å²) in [5.74, 6) is 2.46. The second kappa shape index (κ2) is 11.5. The van der Waals surface area contributed by atoms with Crippen LogP contribution in [0, 0.1) is 11.8 Å². The summed E-state index contributed by atoms with van der Waals surface area (Å²) in [5, 5.41) is 4.88. The lowest BCUT2D eigenvalue weighted by atomic mass is 9.92. The fraction of sp³-hybridized carbons (Fsp3) is 0.367. The number of pyridine rings is 1. The Hall–Kier alpha value is -3.23. The lowest BCUT2D eigenvalue weighted by Crippen LogP contribution is -2.38. The van der Waals surface area contributed by atoms with Crippen molar-refractivity contribution in [3.63, 3.8) is 0 Å². The van der Waals surface area contributed by atoms with Gasteiger partial charge in [-0.2, -0.15) is 13.2 Å². The molecule has 0 spiro atoms. The van der Waals surface area contributed by atoms with Crippen LogP contribution in [0.2, 0.25) is 5.02 Å². The van der Waals surface area contributed by atoms with Gasteiger partial charge in [0.2, 0.25) is 0 Å². The van der Waals surface area contributed by atoms with Crippen LogP contribution in [0.15, 0.2) is 60.8 Å². The minimum atomic E-state index is -4.51. The van der Waals surface area contributed by atoms with Crippen LogP contribution in [-0.4, -0.2) is 39.5 Å². The average molecular weight is 554 g/mol. The largest absolute Gasteiger partial charge is 0.418 e. The molecule has 2 atom stereocenters. The standard InChI is InChI=1S/C30H31ClF3N5/c1-19-14-20(2)17-39(16-19)18-27-37-26-15-22(28-24(30(32,33)34)7-5-12-35-28)9-10-23(26)29(38-27)36-13-11-21-6-3-4-8-25(21)31/h3-10,12,15,19-20H,11,13-14,16-18H2,1-2H3,(H,36,37,38). The lowest BCUT2D eigenvalue weighted by molar-refractivity contribution is -0.137. The number of halogens is 4. The smallest absolute Gasteiger partial charge is 0.369 e. The van der Waals surface area contributed by atoms with E-state index in [1.807, 2.05) is 24.3 Å². The molecule has 2 unspecified atom stereocenters. The van der Waals surface area contributed by atoms with E-state index in [1.165, 1.54) is 18.7 Å². The van der Waals surface area contributed by atoms with Crippen LogP contribution < -0.4 is 5.32 Å². The molecule has 5 rings (SSSR count). The van der Waals surface area contributed by atoms with E-state index < -0.39 is 11.7 Å². The van der Waals surface area contributed by atoms with Gasteiger partial charge in [0.25, 0.3) is 0 Å². The molecular weight excluding hydrogens is 523 g/mol. The van der Waals surface area contributed by atoms with E-state index >= 15 is 0 Å². The Kier molecular flexibility index (Phi) is 8.05. The van der Waals surface area contributed by atoms with Crippen molar-refractivity contribution in [3.8, 4) is 11.3 Å². The fourth-order valence-electron chi connectivity index (χ4n) is 5.53. The molecule has 204 valence electrons. The van der Waals surface area contributed by atoms with E-state index in [1.54, 1.807) is 18.2 Å². The number of aromatic nitrogens is 3. The highest BCUT2D eigenvalue weighted by molar-refractivity contribution is 6.31. The van der Waals surface area contributed by atoms with Crippen molar-refractivity contribution in [2.24, 2.45) is 11.8 Å². The number of alkyl halides is 3. The highest BCUT2D eigenvalue weighted by atomic mass is 35.5. The van der Waals surface area contributed by atoms with Gasteiger partial charge in [-0.25, -0.2) is 9.97 Å². The molecule has 0 saturated carbocycles. The Balaban J connectivity index is 1.50. The van der Waals surface area contributed by atoms with E-state index in [-0.39, 0.29) is 5.69 Å². The second-order valence-corrected chi connectivity index (χ2v) is 10.9. The van der Waals surface area contributed by atoms with Gasteiger partial charge in [-0.3, -0.25) is 9.88 Å². The number of nitrogens with one attached hydrogen (secondary N) is 1. The molecule has 1 fully saturated rings. The van der Waals surface area contributed by atoms with Crippen LogP contribution in [0.1, 0.15) is 37.2 Å². The summed E-state index contributed by atoms with van der Waals surface area (Å²) in [6, 6.07) is 15.2. The maximum absolute atomic E-state index is 13.7. The predicted octanol–water partition coefficient (Wildman–Crippen LogP) is 7.50. The Labute approximate surface area is 231 Å². The fourth-order valence-corrected chi connectivity index (χ4v) is 5.76. The van der Waals surface area contributed by atoms with Gasteiger partial charge in [0.1, 0.15) is 11.6 Å². The van der Waals surface area contributed by atoms with Crippen molar-refractivity contribution < 1.29 is 13.2 Å². The third-order valence-corrected chi connectivity index (χ3v) is 7.45. The van der Waals surface area contributed by atoms with Gasteiger partial charge in [-0.1, -0.05) is 49.7 Å². The highest BCUT2D eigenvalue weighted by Crippen LogP contribution is 2.37. The van der Waals surface area contributed by atoms with E-state index in [0.717, 1.165) is 30.1 Å². The molecule has 3 heterocycles. The molecule has 1 saturated heterocycles. The Morgan fingerprint density at radius 2 is 1.77 bits per heavy atom. The zero-order chi connectivity index (χ0) is 27.6. The quantitative estimate of drug-likeness (QED) is 0.257. The number of hydrogen-bond acceptors (Lipinski definition) is 5. The number of benzene rings is 2. The Morgan fingerprint density at radius 3 is 2.51 bits per heavy atom. The summed E-state index contributed by atoms with van der Waals surface area (Å²) in [6.07, 6.45) is -1.25. The zero-order valence-electron chi connectivity index (χ0n) is 22.0. The molecular formula is C30H31ClF3N5. The Morgan fingerprint density at radius 1 is 1.00 bits per heavy atom. The molecule has 5 nitrogen and oxygen atoms in total. The molecule has 0 amide bonds. The van der Waals surface area contributed by atoms with Gasteiger partial charge in [-0.15, -0.1) is 0 Å². The lowest BCUT2D eigenvalue weighted by Gasteiger charge is -2.34. The van der Waals surface area contributed by atoms with Crippen molar-refractivity contribution in [1.29, 1.82) is 0 Å². The van der Waals surface area contributed by atoms with Crippen LogP contribution in [0.4, 0.5) is 19.0 Å². The van der Waals surface area contributed by atoms with Gasteiger partial charge in [0, 0.05) is 41.8 Å². The molecule has 4 aromatic rings. The number of anilines is 1. The van der Waals surface area contributed by atoms with E-state index in [0.29, 0.717) is 59.1 Å². The van der Waals surface area contributed by atoms with Crippen molar-refractivity contribution in [2.45, 2.75) is 39.4 Å². The maximum atomic E-state index is 13.7. The third kappa shape index (κ3) is 6.50. The SMILES string of the molecule is CC1CC(C)CN(Cc2nc(NCCc3ccccc3Cl)c3ccc(-c4ncccc4C(F)(F)F)cc3n2)C1. The van der Waals surface area contributed by atoms with Crippen LogP contribution in [-0.2, 0) is 19.1 Å². The number of nitrogens with zero attached hydrogens (tertiary/aromatic N) is 4. The number of piperidine rings is 1. The molecule has 9 heteroatoms. The predicted molar refractivity (Wildman–Crippen MR) is 150 cm³/mol. The van der Waals surface area contributed by atoms with Crippen LogP contribution in [0.5, 0.6) is 0 Å². The van der Waals surface area contributed by atoms with Crippen molar-refractivity contribution >= 4 is 28.3 Å². The minimum absolute atomic E-state index is 0.112. The first-order chi connectivity index (χ1) is 18.7. The number of rotatable bonds is 7. The van der Waals surface area contributed by atoms with Gasteiger partial charge in [0.15, 0.2) is 0 Å². The normalized spacial score (nSPS) is 18.4. The summed E-state index contributed by atoms with van der Waals surface area (Å²) >= 11 is 6.33. The van der Waals surface area contributed by atoms with Crippen molar-refractivity contribution in [2.75, 3.05) is 25.0 Å². The molecule has 0 radical (unpaired) electrons. The zero-order valence-corrected chi connectivity index (χ0v) is 22.7. The first-order valence-electron chi connectivity index (χ1n) is 13.2. The molecule has 1 N–H and O–H groups in total. The summed E-state index contributed by atoms with van der Waals surface area (Å²) in [7, 11) is 0. The van der Waals surface area contributed by atoms with Crippen LogP contribution in [0.25, 0.3) is 22.2 Å². The summed E-state index contributed by atoms with van der Waals surface area (Å²) in [6.45, 7) is 7.60. The summed E-state index contributed by atoms with van der Waals surface area (Å²) < 4.78 is 41.2. The first kappa shape index (κ1) is 27.3. The highest BCUT2D eigenvalue weighted by Gasteiger charge is 2.34. The number of likely N-dealkylation sites (tertiary alicyclic amines) is 1. The minimum Gasteiger partial charge on any atom is -0.369 e. The second-order valence-electron chi connectivity index (χ2n) is 10.5. The van der Waals surface area contributed by atoms with Gasteiger partial charge < -0.3 is 5.32 Å². The topological polar surface area (TPSA) is 53.9 Å². The van der Waals surface area contributed by atoms with Crippen molar-refractivity contribution in [3.05, 3.63) is 82.8 Å². The first-order valence-corrected chi connectivity index (χ1v) is 13.6. The number of hydrogen-bond donors (Lipinski definition) is 1. The molecule has 1 aliphatic rings.